The van der Waals surface area contributed by atoms with Gasteiger partial charge in [-0.3, -0.25) is 0 Å². The van der Waals surface area contributed by atoms with Gasteiger partial charge in [0.1, 0.15) is 0 Å². The fourth-order valence-electron chi connectivity index (χ4n) is 2.03. The van der Waals surface area contributed by atoms with Gasteiger partial charge in [-0.1, -0.05) is 6.42 Å². The van der Waals surface area contributed by atoms with Crippen LogP contribution in [0.25, 0.3) is 0 Å². The van der Waals surface area contributed by atoms with E-state index in [1.807, 2.05) is 6.92 Å². The van der Waals surface area contributed by atoms with Gasteiger partial charge in [-0.25, -0.2) is 13.1 Å². The molecule has 1 saturated heterocycles. The average Bonchev–Trinajstić information content (AvgIpc) is 2.17. The highest BCUT2D eigenvalue weighted by Gasteiger charge is 2.17. The Bertz CT molecular complexity index is 289. The molecule has 0 radical (unpaired) electrons. The smallest absolute Gasteiger partial charge is 0.213 e. The largest absolute Gasteiger partial charge is 0.302 e. The van der Waals surface area contributed by atoms with E-state index in [0.717, 1.165) is 19.6 Å². The Balaban J connectivity index is 2.31. The maximum atomic E-state index is 11.5. The van der Waals surface area contributed by atoms with E-state index in [1.165, 1.54) is 19.3 Å². The van der Waals surface area contributed by atoms with Crippen LogP contribution < -0.4 is 4.72 Å². The van der Waals surface area contributed by atoms with Crippen LogP contribution in [0.15, 0.2) is 0 Å². The summed E-state index contributed by atoms with van der Waals surface area (Å²) in [5, 5.41) is 0. The van der Waals surface area contributed by atoms with Crippen molar-refractivity contribution >= 4 is 21.6 Å². The first-order valence-electron chi connectivity index (χ1n) is 5.82. The highest BCUT2D eigenvalue weighted by Crippen LogP contribution is 2.09. The van der Waals surface area contributed by atoms with Crippen molar-refractivity contribution in [2.45, 2.75) is 32.2 Å². The summed E-state index contributed by atoms with van der Waals surface area (Å²) in [6, 6.07) is -0.0358. The number of likely N-dealkylation sites (tertiary alicyclic amines) is 1. The van der Waals surface area contributed by atoms with E-state index in [-0.39, 0.29) is 17.7 Å². The molecule has 0 aromatic carbocycles. The molecule has 0 aromatic rings. The Morgan fingerprint density at radius 3 is 2.50 bits per heavy atom. The lowest BCUT2D eigenvalue weighted by Crippen LogP contribution is -2.44. The standard InChI is InChI=1S/C10H21ClN2O2S/c1-10(12-16(14,15)8-5-11)9-13-6-3-2-4-7-13/h10,12H,2-9H2,1H3. The molecule has 1 unspecified atom stereocenters. The highest BCUT2D eigenvalue weighted by molar-refractivity contribution is 7.89. The van der Waals surface area contributed by atoms with Crippen LogP contribution in [0.1, 0.15) is 26.2 Å². The van der Waals surface area contributed by atoms with E-state index in [1.54, 1.807) is 0 Å². The molecule has 1 heterocycles. The van der Waals surface area contributed by atoms with Crippen LogP contribution in [0, 0.1) is 0 Å². The van der Waals surface area contributed by atoms with Crippen LogP contribution >= 0.6 is 11.6 Å². The van der Waals surface area contributed by atoms with E-state index in [2.05, 4.69) is 9.62 Å². The number of piperidine rings is 1. The van der Waals surface area contributed by atoms with E-state index >= 15 is 0 Å². The minimum atomic E-state index is -3.19. The fourth-order valence-corrected chi connectivity index (χ4v) is 3.65. The van der Waals surface area contributed by atoms with Gasteiger partial charge in [0.25, 0.3) is 0 Å². The molecular formula is C10H21ClN2O2S. The first kappa shape index (κ1) is 14.2. The number of rotatable bonds is 6. The first-order valence-corrected chi connectivity index (χ1v) is 8.00. The van der Waals surface area contributed by atoms with Crippen molar-refractivity contribution in [1.29, 1.82) is 0 Å². The molecule has 0 bridgehead atoms. The van der Waals surface area contributed by atoms with Gasteiger partial charge in [0.2, 0.25) is 10.0 Å². The maximum absolute atomic E-state index is 11.5. The third kappa shape index (κ3) is 5.48. The van der Waals surface area contributed by atoms with Crippen molar-refractivity contribution in [2.75, 3.05) is 31.3 Å². The molecule has 6 heteroatoms. The van der Waals surface area contributed by atoms with Crippen molar-refractivity contribution in [3.8, 4) is 0 Å². The Morgan fingerprint density at radius 2 is 1.94 bits per heavy atom. The van der Waals surface area contributed by atoms with Crippen LogP contribution in [-0.4, -0.2) is 50.6 Å². The summed E-state index contributed by atoms with van der Waals surface area (Å²) >= 11 is 5.43. The van der Waals surface area contributed by atoms with Gasteiger partial charge < -0.3 is 4.90 Å². The van der Waals surface area contributed by atoms with Gasteiger partial charge in [0.15, 0.2) is 0 Å². The van der Waals surface area contributed by atoms with Gasteiger partial charge >= 0.3 is 0 Å². The molecule has 0 aromatic heterocycles. The summed E-state index contributed by atoms with van der Waals surface area (Å²) in [4.78, 5) is 2.32. The lowest BCUT2D eigenvalue weighted by molar-refractivity contribution is 0.215. The van der Waals surface area contributed by atoms with Crippen molar-refractivity contribution in [3.05, 3.63) is 0 Å². The van der Waals surface area contributed by atoms with E-state index < -0.39 is 10.0 Å². The molecule has 1 fully saturated rings. The third-order valence-corrected chi connectivity index (χ3v) is 4.62. The lowest BCUT2D eigenvalue weighted by atomic mass is 10.1. The number of halogens is 1. The molecule has 0 amide bonds. The summed E-state index contributed by atoms with van der Waals surface area (Å²) in [6.07, 6.45) is 3.74. The Labute approximate surface area is 103 Å². The number of hydrogen-bond donors (Lipinski definition) is 1. The summed E-state index contributed by atoms with van der Waals surface area (Å²) in [6.45, 7) is 4.87. The number of nitrogens with zero attached hydrogens (tertiary/aromatic N) is 1. The van der Waals surface area contributed by atoms with Gasteiger partial charge in [-0.05, 0) is 32.9 Å². The summed E-state index contributed by atoms with van der Waals surface area (Å²) in [5.74, 6) is 0.144. The van der Waals surface area contributed by atoms with Crippen molar-refractivity contribution in [3.63, 3.8) is 0 Å². The average molecular weight is 269 g/mol. The highest BCUT2D eigenvalue weighted by atomic mass is 35.5. The zero-order chi connectivity index (χ0) is 12.0. The molecule has 1 atom stereocenters. The third-order valence-electron chi connectivity index (χ3n) is 2.71. The SMILES string of the molecule is CC(CN1CCCCC1)NS(=O)(=O)CCCl. The number of alkyl halides is 1. The predicted molar refractivity (Wildman–Crippen MR) is 67.4 cm³/mol. The second-order valence-corrected chi connectivity index (χ2v) is 6.64. The van der Waals surface area contributed by atoms with Gasteiger partial charge in [0.05, 0.1) is 5.75 Å². The topological polar surface area (TPSA) is 49.4 Å². The van der Waals surface area contributed by atoms with Crippen LogP contribution in [-0.2, 0) is 10.0 Å². The molecule has 96 valence electrons. The van der Waals surface area contributed by atoms with Crippen molar-refractivity contribution in [1.82, 2.24) is 9.62 Å². The Kier molecular flexibility index (Phi) is 6.03. The van der Waals surface area contributed by atoms with Gasteiger partial charge in [-0.2, -0.15) is 0 Å². The quantitative estimate of drug-likeness (QED) is 0.732. The fraction of sp³-hybridized carbons (Fsp3) is 1.00. The van der Waals surface area contributed by atoms with E-state index in [9.17, 15) is 8.42 Å². The minimum absolute atomic E-state index is 0.00110. The Morgan fingerprint density at radius 1 is 1.31 bits per heavy atom. The summed E-state index contributed by atoms with van der Waals surface area (Å²) in [5.41, 5.74) is 0. The molecule has 0 aliphatic carbocycles. The monoisotopic (exact) mass is 268 g/mol. The van der Waals surface area contributed by atoms with Crippen LogP contribution in [0.3, 0.4) is 0 Å². The molecule has 0 spiro atoms. The lowest BCUT2D eigenvalue weighted by Gasteiger charge is -2.29. The van der Waals surface area contributed by atoms with Crippen molar-refractivity contribution in [2.24, 2.45) is 0 Å². The summed E-state index contributed by atoms with van der Waals surface area (Å²) < 4.78 is 25.6. The molecule has 1 N–H and O–H groups in total. The normalized spacial score (nSPS) is 20.9. The zero-order valence-electron chi connectivity index (χ0n) is 9.78. The molecule has 1 aliphatic rings. The first-order chi connectivity index (χ1) is 7.53. The second kappa shape index (κ2) is 6.79. The summed E-state index contributed by atoms with van der Waals surface area (Å²) in [7, 11) is -3.19. The molecule has 0 saturated carbocycles. The maximum Gasteiger partial charge on any atom is 0.213 e. The second-order valence-electron chi connectivity index (χ2n) is 4.39. The number of sulfonamides is 1. The van der Waals surface area contributed by atoms with Gasteiger partial charge in [-0.15, -0.1) is 11.6 Å². The number of hydrogen-bond acceptors (Lipinski definition) is 3. The van der Waals surface area contributed by atoms with Crippen LogP contribution in [0.2, 0.25) is 0 Å². The van der Waals surface area contributed by atoms with Crippen LogP contribution in [0.5, 0.6) is 0 Å². The predicted octanol–water partition coefficient (Wildman–Crippen LogP) is 1.02. The van der Waals surface area contributed by atoms with Crippen LogP contribution in [0.4, 0.5) is 0 Å². The molecule has 1 rings (SSSR count). The van der Waals surface area contributed by atoms with E-state index in [0.29, 0.717) is 0 Å². The van der Waals surface area contributed by atoms with E-state index in [4.69, 9.17) is 11.6 Å². The molecular weight excluding hydrogens is 248 g/mol. The molecule has 1 aliphatic heterocycles. The zero-order valence-corrected chi connectivity index (χ0v) is 11.4. The van der Waals surface area contributed by atoms with Gasteiger partial charge in [0, 0.05) is 18.5 Å². The van der Waals surface area contributed by atoms with Crippen molar-refractivity contribution < 1.29 is 8.42 Å². The number of nitrogens with one attached hydrogen (secondary N) is 1. The minimum Gasteiger partial charge on any atom is -0.302 e. The molecule has 4 nitrogen and oxygen atoms in total. The Hall–Kier alpha value is 0.160. The molecule has 16 heavy (non-hydrogen) atoms.